The summed E-state index contributed by atoms with van der Waals surface area (Å²) in [6, 6.07) is 14.2. The monoisotopic (exact) mass is 310 g/mol. The van der Waals surface area contributed by atoms with Crippen molar-refractivity contribution in [1.29, 1.82) is 0 Å². The fraction of sp³-hybridized carbons (Fsp3) is 0.263. The number of hydrogen-bond donors (Lipinski definition) is 2. The van der Waals surface area contributed by atoms with Gasteiger partial charge in [-0.25, -0.2) is 0 Å². The lowest BCUT2D eigenvalue weighted by molar-refractivity contribution is 0.0918. The Morgan fingerprint density at radius 2 is 1.43 bits per heavy atom. The van der Waals surface area contributed by atoms with Crippen molar-refractivity contribution >= 4 is 17.5 Å². The van der Waals surface area contributed by atoms with E-state index in [0.717, 1.165) is 11.3 Å². The van der Waals surface area contributed by atoms with Crippen LogP contribution in [-0.4, -0.2) is 17.4 Å². The molecule has 2 amide bonds. The molecule has 2 aromatic rings. The van der Waals surface area contributed by atoms with Gasteiger partial charge in [-0.05, 0) is 69.7 Å². The van der Waals surface area contributed by atoms with Gasteiger partial charge in [0.25, 0.3) is 11.8 Å². The molecule has 0 aliphatic carbocycles. The molecule has 2 N–H and O–H groups in total. The van der Waals surface area contributed by atoms with Crippen molar-refractivity contribution in [2.45, 2.75) is 33.2 Å². The molecular formula is C19H22N2O2. The second-order valence-corrected chi connectivity index (χ2v) is 6.61. The fourth-order valence-corrected chi connectivity index (χ4v) is 2.11. The number of rotatable bonds is 3. The topological polar surface area (TPSA) is 58.2 Å². The van der Waals surface area contributed by atoms with Gasteiger partial charge in [-0.3, -0.25) is 9.59 Å². The van der Waals surface area contributed by atoms with Crippen molar-refractivity contribution in [3.63, 3.8) is 0 Å². The van der Waals surface area contributed by atoms with Gasteiger partial charge in [0.2, 0.25) is 0 Å². The predicted octanol–water partition coefficient (Wildman–Crippen LogP) is 3.78. The maximum Gasteiger partial charge on any atom is 0.255 e. The molecule has 0 saturated carbocycles. The maximum atomic E-state index is 12.2. The number of aryl methyl sites for hydroxylation is 1. The Balaban J connectivity index is 2.07. The second-order valence-electron chi connectivity index (χ2n) is 6.61. The third kappa shape index (κ3) is 4.95. The number of hydrogen-bond acceptors (Lipinski definition) is 2. The van der Waals surface area contributed by atoms with E-state index in [1.165, 1.54) is 0 Å². The zero-order chi connectivity index (χ0) is 17.0. The lowest BCUT2D eigenvalue weighted by Gasteiger charge is -2.20. The van der Waals surface area contributed by atoms with Crippen molar-refractivity contribution in [3.8, 4) is 0 Å². The Bertz CT molecular complexity index is 713. The summed E-state index contributed by atoms with van der Waals surface area (Å²) in [5, 5.41) is 5.74. The molecule has 2 rings (SSSR count). The molecule has 0 aromatic heterocycles. The Labute approximate surface area is 136 Å². The first-order valence-corrected chi connectivity index (χ1v) is 7.55. The van der Waals surface area contributed by atoms with Gasteiger partial charge >= 0.3 is 0 Å². The number of benzene rings is 2. The summed E-state index contributed by atoms with van der Waals surface area (Å²) >= 11 is 0. The first-order chi connectivity index (χ1) is 10.7. The third-order valence-corrected chi connectivity index (χ3v) is 3.17. The molecule has 120 valence electrons. The van der Waals surface area contributed by atoms with Crippen LogP contribution in [0.4, 0.5) is 5.69 Å². The zero-order valence-corrected chi connectivity index (χ0v) is 13.9. The molecule has 0 bridgehead atoms. The summed E-state index contributed by atoms with van der Waals surface area (Å²) in [6.45, 7) is 7.75. The van der Waals surface area contributed by atoms with Crippen LogP contribution in [0.2, 0.25) is 0 Å². The SMILES string of the molecule is Cc1cccc(NC(=O)c2ccc(C(=O)NC(C)(C)C)cc2)c1. The van der Waals surface area contributed by atoms with E-state index >= 15 is 0 Å². The van der Waals surface area contributed by atoms with Gasteiger partial charge in [0.1, 0.15) is 0 Å². The van der Waals surface area contributed by atoms with Crippen LogP contribution in [0.1, 0.15) is 47.1 Å². The van der Waals surface area contributed by atoms with E-state index in [4.69, 9.17) is 0 Å². The summed E-state index contributed by atoms with van der Waals surface area (Å²) < 4.78 is 0. The maximum absolute atomic E-state index is 12.2. The van der Waals surface area contributed by atoms with Crippen molar-refractivity contribution in [1.82, 2.24) is 5.32 Å². The summed E-state index contributed by atoms with van der Waals surface area (Å²) in [5.74, 6) is -0.346. The Morgan fingerprint density at radius 3 is 1.96 bits per heavy atom. The van der Waals surface area contributed by atoms with Gasteiger partial charge < -0.3 is 10.6 Å². The van der Waals surface area contributed by atoms with E-state index in [9.17, 15) is 9.59 Å². The van der Waals surface area contributed by atoms with E-state index in [2.05, 4.69) is 10.6 Å². The molecule has 0 fully saturated rings. The van der Waals surface area contributed by atoms with Crippen molar-refractivity contribution in [2.24, 2.45) is 0 Å². The summed E-state index contributed by atoms with van der Waals surface area (Å²) in [4.78, 5) is 24.3. The summed E-state index contributed by atoms with van der Waals surface area (Å²) in [7, 11) is 0. The van der Waals surface area contributed by atoms with Crippen LogP contribution < -0.4 is 10.6 Å². The molecule has 23 heavy (non-hydrogen) atoms. The third-order valence-electron chi connectivity index (χ3n) is 3.17. The minimum Gasteiger partial charge on any atom is -0.347 e. The number of anilines is 1. The van der Waals surface area contributed by atoms with Gasteiger partial charge in [-0.2, -0.15) is 0 Å². The Hall–Kier alpha value is -2.62. The first kappa shape index (κ1) is 16.7. The molecule has 2 aromatic carbocycles. The Kier molecular flexibility index (Phi) is 4.84. The normalized spacial score (nSPS) is 11.0. The van der Waals surface area contributed by atoms with Crippen LogP contribution in [0.15, 0.2) is 48.5 Å². The van der Waals surface area contributed by atoms with Gasteiger partial charge in [0.15, 0.2) is 0 Å². The number of amides is 2. The zero-order valence-electron chi connectivity index (χ0n) is 13.9. The lowest BCUT2D eigenvalue weighted by atomic mass is 10.1. The molecule has 0 unspecified atom stereocenters. The standard InChI is InChI=1S/C19H22N2O2/c1-13-6-5-7-16(12-13)20-17(22)14-8-10-15(11-9-14)18(23)21-19(2,3)4/h5-12H,1-4H3,(H,20,22)(H,21,23). The van der Waals surface area contributed by atoms with E-state index in [-0.39, 0.29) is 17.4 Å². The highest BCUT2D eigenvalue weighted by Crippen LogP contribution is 2.13. The average Bonchev–Trinajstić information content (AvgIpc) is 2.45. The number of nitrogens with one attached hydrogen (secondary N) is 2. The predicted molar refractivity (Wildman–Crippen MR) is 92.8 cm³/mol. The first-order valence-electron chi connectivity index (χ1n) is 7.55. The molecule has 0 spiro atoms. The van der Waals surface area contributed by atoms with Gasteiger partial charge in [-0.15, -0.1) is 0 Å². The van der Waals surface area contributed by atoms with Gasteiger partial charge in [-0.1, -0.05) is 12.1 Å². The van der Waals surface area contributed by atoms with Crippen LogP contribution in [0.3, 0.4) is 0 Å². The van der Waals surface area contributed by atoms with Crippen LogP contribution >= 0.6 is 0 Å². The molecule has 4 nitrogen and oxygen atoms in total. The van der Waals surface area contributed by atoms with E-state index < -0.39 is 0 Å². The number of carbonyl (C=O) groups is 2. The van der Waals surface area contributed by atoms with Gasteiger partial charge in [0.05, 0.1) is 0 Å². The van der Waals surface area contributed by atoms with E-state index in [1.807, 2.05) is 52.0 Å². The highest BCUT2D eigenvalue weighted by atomic mass is 16.2. The molecule has 0 aliphatic heterocycles. The minimum atomic E-state index is -0.293. The lowest BCUT2D eigenvalue weighted by Crippen LogP contribution is -2.40. The van der Waals surface area contributed by atoms with Crippen LogP contribution in [0.5, 0.6) is 0 Å². The second kappa shape index (κ2) is 6.65. The minimum absolute atomic E-state index is 0.150. The fourth-order valence-electron chi connectivity index (χ4n) is 2.11. The van der Waals surface area contributed by atoms with E-state index in [1.54, 1.807) is 24.3 Å². The quantitative estimate of drug-likeness (QED) is 0.906. The Morgan fingerprint density at radius 1 is 0.870 bits per heavy atom. The molecule has 0 radical (unpaired) electrons. The van der Waals surface area contributed by atoms with Crippen LogP contribution in [0, 0.1) is 6.92 Å². The number of carbonyl (C=O) groups excluding carboxylic acids is 2. The summed E-state index contributed by atoms with van der Waals surface area (Å²) in [6.07, 6.45) is 0. The van der Waals surface area contributed by atoms with Crippen LogP contribution in [0.25, 0.3) is 0 Å². The average molecular weight is 310 g/mol. The van der Waals surface area contributed by atoms with Crippen molar-refractivity contribution in [2.75, 3.05) is 5.32 Å². The molecule has 0 aliphatic rings. The van der Waals surface area contributed by atoms with Crippen LogP contribution in [-0.2, 0) is 0 Å². The van der Waals surface area contributed by atoms with E-state index in [0.29, 0.717) is 11.1 Å². The highest BCUT2D eigenvalue weighted by molar-refractivity contribution is 6.05. The van der Waals surface area contributed by atoms with Crippen molar-refractivity contribution < 1.29 is 9.59 Å². The molecule has 0 saturated heterocycles. The van der Waals surface area contributed by atoms with Crippen molar-refractivity contribution in [3.05, 3.63) is 65.2 Å². The summed E-state index contributed by atoms with van der Waals surface area (Å²) in [5.41, 5.74) is 2.59. The largest absolute Gasteiger partial charge is 0.347 e. The highest BCUT2D eigenvalue weighted by Gasteiger charge is 2.15. The van der Waals surface area contributed by atoms with Gasteiger partial charge in [0, 0.05) is 22.4 Å². The molecular weight excluding hydrogens is 288 g/mol. The smallest absolute Gasteiger partial charge is 0.255 e. The molecule has 0 atom stereocenters. The molecule has 0 heterocycles. The molecule has 4 heteroatoms.